The van der Waals surface area contributed by atoms with Crippen LogP contribution in [0.1, 0.15) is 38.7 Å². The molecule has 1 aliphatic heterocycles. The van der Waals surface area contributed by atoms with Gasteiger partial charge in [-0.15, -0.1) is 0 Å². The van der Waals surface area contributed by atoms with E-state index in [0.717, 1.165) is 50.2 Å². The minimum absolute atomic E-state index is 0.0891. The number of benzene rings is 1. The molecule has 1 N–H and O–H groups in total. The normalized spacial score (nSPS) is 15.5. The molecule has 0 aliphatic carbocycles. The Kier molecular flexibility index (Phi) is 8.31. The maximum absolute atomic E-state index is 13.0. The Morgan fingerprint density at radius 3 is 2.48 bits per heavy atom. The lowest BCUT2D eigenvalue weighted by Gasteiger charge is -2.15. The third-order valence-corrected chi connectivity index (χ3v) is 3.42. The second-order valence-electron chi connectivity index (χ2n) is 5.73. The van der Waals surface area contributed by atoms with Crippen molar-refractivity contribution in [2.75, 3.05) is 20.3 Å². The Morgan fingerprint density at radius 1 is 1.33 bits per heavy atom. The van der Waals surface area contributed by atoms with E-state index in [1.54, 1.807) is 19.2 Å². The second kappa shape index (κ2) is 9.74. The highest BCUT2D eigenvalue weighted by molar-refractivity contribution is 5.33. The van der Waals surface area contributed by atoms with E-state index in [1.807, 2.05) is 0 Å². The van der Waals surface area contributed by atoms with Crippen LogP contribution in [0.25, 0.3) is 0 Å². The van der Waals surface area contributed by atoms with Gasteiger partial charge < -0.3 is 14.6 Å². The molecular formula is C17H27FO3. The van der Waals surface area contributed by atoms with Gasteiger partial charge in [-0.2, -0.15) is 0 Å². The number of methoxy groups -OCH3 is 1. The van der Waals surface area contributed by atoms with Crippen LogP contribution < -0.4 is 4.74 Å². The smallest absolute Gasteiger partial charge is 0.123 e. The minimum atomic E-state index is -0.190. The van der Waals surface area contributed by atoms with E-state index in [-0.39, 0.29) is 11.9 Å². The molecule has 0 radical (unpaired) electrons. The van der Waals surface area contributed by atoms with E-state index in [2.05, 4.69) is 13.8 Å². The molecule has 4 heteroatoms. The van der Waals surface area contributed by atoms with Crippen molar-refractivity contribution >= 4 is 0 Å². The summed E-state index contributed by atoms with van der Waals surface area (Å²) in [4.78, 5) is 0. The minimum Gasteiger partial charge on any atom is -0.496 e. The summed E-state index contributed by atoms with van der Waals surface area (Å²) in [5.74, 6) is 1.22. The first-order valence-corrected chi connectivity index (χ1v) is 7.61. The molecule has 1 saturated heterocycles. The fraction of sp³-hybridized carbons (Fsp3) is 0.647. The van der Waals surface area contributed by atoms with Gasteiger partial charge in [-0.05, 0) is 55.4 Å². The Morgan fingerprint density at radius 2 is 2.00 bits per heavy atom. The predicted molar refractivity (Wildman–Crippen MR) is 82.2 cm³/mol. The standard InChI is InChI=1S/C12H17FO.C5H10O2/c1-9(2)4-5-10-8-11(13)6-7-12(10)14-3;6-5-1-3-7-4-2-5/h6-9H,4-5H2,1-3H3;5-6H,1-4H2. The molecule has 0 unspecified atom stereocenters. The zero-order valence-electron chi connectivity index (χ0n) is 13.3. The zero-order valence-corrected chi connectivity index (χ0v) is 13.3. The molecule has 0 aromatic heterocycles. The van der Waals surface area contributed by atoms with Crippen molar-refractivity contribution < 1.29 is 19.0 Å². The van der Waals surface area contributed by atoms with Gasteiger partial charge in [0, 0.05) is 13.2 Å². The topological polar surface area (TPSA) is 38.7 Å². The number of aryl methyl sites for hydroxylation is 1. The number of rotatable bonds is 4. The Hall–Kier alpha value is -1.13. The summed E-state index contributed by atoms with van der Waals surface area (Å²) in [6.07, 6.45) is 3.48. The zero-order chi connectivity index (χ0) is 15.7. The summed E-state index contributed by atoms with van der Waals surface area (Å²) < 4.78 is 23.1. The molecular weight excluding hydrogens is 271 g/mol. The van der Waals surface area contributed by atoms with E-state index in [1.165, 1.54) is 6.07 Å². The lowest BCUT2D eigenvalue weighted by molar-refractivity contribution is 0.0140. The SMILES string of the molecule is COc1ccc(F)cc1CCC(C)C.OC1CCOCC1. The van der Waals surface area contributed by atoms with Gasteiger partial charge in [0.15, 0.2) is 0 Å². The van der Waals surface area contributed by atoms with Crippen molar-refractivity contribution in [3.05, 3.63) is 29.6 Å². The molecule has 3 nitrogen and oxygen atoms in total. The first-order valence-electron chi connectivity index (χ1n) is 7.61. The van der Waals surface area contributed by atoms with Crippen LogP contribution in [0.2, 0.25) is 0 Å². The van der Waals surface area contributed by atoms with Gasteiger partial charge >= 0.3 is 0 Å². The molecule has 21 heavy (non-hydrogen) atoms. The summed E-state index contributed by atoms with van der Waals surface area (Å²) in [5, 5.41) is 8.83. The van der Waals surface area contributed by atoms with Gasteiger partial charge in [-0.25, -0.2) is 4.39 Å². The van der Waals surface area contributed by atoms with Crippen molar-refractivity contribution in [3.63, 3.8) is 0 Å². The van der Waals surface area contributed by atoms with Gasteiger partial charge in [0.1, 0.15) is 11.6 Å². The highest BCUT2D eigenvalue weighted by Gasteiger charge is 2.08. The lowest BCUT2D eigenvalue weighted by Crippen LogP contribution is -2.19. The molecule has 0 atom stereocenters. The largest absolute Gasteiger partial charge is 0.496 e. The van der Waals surface area contributed by atoms with E-state index in [0.29, 0.717) is 5.92 Å². The molecule has 0 amide bonds. The number of halogens is 1. The lowest BCUT2D eigenvalue weighted by atomic mass is 10.0. The Labute approximate surface area is 127 Å². The average molecular weight is 298 g/mol. The molecule has 120 valence electrons. The van der Waals surface area contributed by atoms with Gasteiger partial charge in [0.25, 0.3) is 0 Å². The Bertz CT molecular complexity index is 401. The number of ether oxygens (including phenoxy) is 2. The number of hydrogen-bond donors (Lipinski definition) is 1. The van der Waals surface area contributed by atoms with Crippen LogP contribution in [-0.2, 0) is 11.2 Å². The highest BCUT2D eigenvalue weighted by atomic mass is 19.1. The molecule has 1 heterocycles. The van der Waals surface area contributed by atoms with Gasteiger partial charge in [0.05, 0.1) is 13.2 Å². The van der Waals surface area contributed by atoms with Crippen molar-refractivity contribution in [1.82, 2.24) is 0 Å². The van der Waals surface area contributed by atoms with Gasteiger partial charge in [-0.3, -0.25) is 0 Å². The summed E-state index contributed by atoms with van der Waals surface area (Å²) in [6, 6.07) is 4.67. The third-order valence-electron chi connectivity index (χ3n) is 3.42. The molecule has 1 aromatic rings. The fourth-order valence-electron chi connectivity index (χ4n) is 2.07. The van der Waals surface area contributed by atoms with Crippen molar-refractivity contribution in [2.24, 2.45) is 5.92 Å². The van der Waals surface area contributed by atoms with Crippen molar-refractivity contribution in [1.29, 1.82) is 0 Å². The van der Waals surface area contributed by atoms with Gasteiger partial charge in [0.2, 0.25) is 0 Å². The monoisotopic (exact) mass is 298 g/mol. The second-order valence-corrected chi connectivity index (χ2v) is 5.73. The first kappa shape index (κ1) is 17.9. The van der Waals surface area contributed by atoms with Crippen LogP contribution in [0.4, 0.5) is 4.39 Å². The van der Waals surface area contributed by atoms with Crippen LogP contribution in [0.15, 0.2) is 18.2 Å². The molecule has 0 spiro atoms. The maximum atomic E-state index is 13.0. The van der Waals surface area contributed by atoms with E-state index >= 15 is 0 Å². The van der Waals surface area contributed by atoms with Crippen LogP contribution in [0.5, 0.6) is 5.75 Å². The average Bonchev–Trinajstić information content (AvgIpc) is 2.47. The molecule has 2 rings (SSSR count). The number of aliphatic hydroxyl groups is 1. The van der Waals surface area contributed by atoms with Gasteiger partial charge in [-0.1, -0.05) is 13.8 Å². The summed E-state index contributed by atoms with van der Waals surface area (Å²) in [5.41, 5.74) is 0.959. The van der Waals surface area contributed by atoms with E-state index in [4.69, 9.17) is 14.6 Å². The third kappa shape index (κ3) is 7.44. The van der Waals surface area contributed by atoms with E-state index < -0.39 is 0 Å². The molecule has 1 fully saturated rings. The predicted octanol–water partition coefficient (Wildman–Crippen LogP) is 3.58. The van der Waals surface area contributed by atoms with Crippen LogP contribution in [-0.4, -0.2) is 31.5 Å². The fourth-order valence-corrected chi connectivity index (χ4v) is 2.07. The van der Waals surface area contributed by atoms with Crippen LogP contribution >= 0.6 is 0 Å². The molecule has 1 aromatic carbocycles. The van der Waals surface area contributed by atoms with Crippen LogP contribution in [0.3, 0.4) is 0 Å². The van der Waals surface area contributed by atoms with Crippen molar-refractivity contribution in [3.8, 4) is 5.75 Å². The van der Waals surface area contributed by atoms with Crippen LogP contribution in [0, 0.1) is 11.7 Å². The molecule has 0 saturated carbocycles. The van der Waals surface area contributed by atoms with Crippen molar-refractivity contribution in [2.45, 2.75) is 45.6 Å². The number of hydrogen-bond acceptors (Lipinski definition) is 3. The van der Waals surface area contributed by atoms with E-state index in [9.17, 15) is 4.39 Å². The first-order chi connectivity index (χ1) is 10.0. The summed E-state index contributed by atoms with van der Waals surface area (Å²) >= 11 is 0. The maximum Gasteiger partial charge on any atom is 0.123 e. The Balaban J connectivity index is 0.000000262. The number of aliphatic hydroxyl groups excluding tert-OH is 1. The molecule has 1 aliphatic rings. The molecule has 0 bridgehead atoms. The quantitative estimate of drug-likeness (QED) is 0.923. The summed E-state index contributed by atoms with van der Waals surface area (Å²) in [7, 11) is 1.62. The highest BCUT2D eigenvalue weighted by Crippen LogP contribution is 2.22. The summed E-state index contributed by atoms with van der Waals surface area (Å²) in [6.45, 7) is 5.79.